The van der Waals surface area contributed by atoms with Crippen molar-refractivity contribution in [1.29, 1.82) is 0 Å². The molecule has 1 unspecified atom stereocenters. The number of carbonyl (C=O) groups excluding carboxylic acids is 2. The molecule has 0 aromatic carbocycles. The molecule has 3 aromatic rings. The van der Waals surface area contributed by atoms with Gasteiger partial charge in [0, 0.05) is 23.9 Å². The van der Waals surface area contributed by atoms with Gasteiger partial charge < -0.3 is 30.9 Å². The number of fused-ring (bicyclic) bond motifs is 1. The lowest BCUT2D eigenvalue weighted by atomic mass is 10.1. The first kappa shape index (κ1) is 31.2. The summed E-state index contributed by atoms with van der Waals surface area (Å²) >= 11 is 0. The lowest BCUT2D eigenvalue weighted by molar-refractivity contribution is -0.249. The minimum absolute atomic E-state index is 0.0779. The number of aliphatic hydroxyl groups excluding tert-OH is 1. The summed E-state index contributed by atoms with van der Waals surface area (Å²) in [4.78, 5) is 35.1. The lowest BCUT2D eigenvalue weighted by Gasteiger charge is -2.41. The fraction of sp³-hybridized carbons (Fsp3) is 0.480. The number of rotatable bonds is 7. The van der Waals surface area contributed by atoms with E-state index >= 15 is 0 Å². The summed E-state index contributed by atoms with van der Waals surface area (Å²) in [6.45, 7) is -2.61. The number of nitrogens with two attached hydrogens (primary N) is 1. The number of alkyl halides is 6. The summed E-state index contributed by atoms with van der Waals surface area (Å²) in [5, 5.41) is 27.0. The molecule has 5 rings (SSSR count). The first-order chi connectivity index (χ1) is 20.4. The number of aromatic nitrogens is 4. The number of carbonyl (C=O) groups is 2. The molecule has 238 valence electrons. The number of nitrogens with one attached hydrogen (secondary N) is 1. The third kappa shape index (κ3) is 5.34. The Hall–Kier alpha value is -4.23. The Kier molecular flexibility index (Phi) is 7.61. The van der Waals surface area contributed by atoms with Crippen molar-refractivity contribution in [2.24, 2.45) is 0 Å². The van der Waals surface area contributed by atoms with Gasteiger partial charge in [-0.2, -0.15) is 18.3 Å². The molecule has 3 aromatic heterocycles. The van der Waals surface area contributed by atoms with Crippen LogP contribution in [-0.4, -0.2) is 115 Å². The smallest absolute Gasteiger partial charge is 0.426 e. The van der Waals surface area contributed by atoms with E-state index in [0.717, 1.165) is 11.2 Å². The predicted molar refractivity (Wildman–Crippen MR) is 138 cm³/mol. The molecule has 5 heterocycles. The van der Waals surface area contributed by atoms with Crippen LogP contribution in [0.2, 0.25) is 0 Å². The number of hydrogen-bond donors (Lipinski definition) is 4. The average Bonchev–Trinajstić information content (AvgIpc) is 3.51. The number of ether oxygens (including phenoxy) is 1. The van der Waals surface area contributed by atoms with E-state index in [1.54, 1.807) is 0 Å². The second kappa shape index (κ2) is 10.7. The fourth-order valence-corrected chi connectivity index (χ4v) is 5.08. The molecule has 0 aliphatic carbocycles. The quantitative estimate of drug-likeness (QED) is 0.275. The molecule has 2 aliphatic heterocycles. The van der Waals surface area contributed by atoms with E-state index < -0.39 is 74.1 Å². The zero-order chi connectivity index (χ0) is 32.4. The summed E-state index contributed by atoms with van der Waals surface area (Å²) in [7, 11) is 1.20. The summed E-state index contributed by atoms with van der Waals surface area (Å²) in [6, 6.07) is 1.23. The van der Waals surface area contributed by atoms with E-state index in [4.69, 9.17) is 10.5 Å². The van der Waals surface area contributed by atoms with Crippen LogP contribution in [0, 0.1) is 0 Å². The van der Waals surface area contributed by atoms with Gasteiger partial charge in [-0.25, -0.2) is 27.7 Å². The van der Waals surface area contributed by atoms with Crippen LogP contribution in [0.5, 0.6) is 5.88 Å². The number of aliphatic hydroxyl groups is 2. The molecule has 44 heavy (non-hydrogen) atoms. The zero-order valence-corrected chi connectivity index (χ0v) is 23.0. The highest BCUT2D eigenvalue weighted by atomic mass is 19.4. The second-order valence-electron chi connectivity index (χ2n) is 10.7. The van der Waals surface area contributed by atoms with Gasteiger partial charge in [0.15, 0.2) is 5.82 Å². The summed E-state index contributed by atoms with van der Waals surface area (Å²) in [5.41, 5.74) is 2.62. The van der Waals surface area contributed by atoms with E-state index in [9.17, 15) is 46.1 Å². The van der Waals surface area contributed by atoms with Crippen molar-refractivity contribution < 1.29 is 50.9 Å². The maximum absolute atomic E-state index is 14.8. The Morgan fingerprint density at radius 1 is 1.20 bits per heavy atom. The first-order valence-corrected chi connectivity index (χ1v) is 12.9. The van der Waals surface area contributed by atoms with Crippen LogP contribution in [0.25, 0.3) is 16.8 Å². The van der Waals surface area contributed by atoms with Gasteiger partial charge in [-0.3, -0.25) is 14.5 Å². The van der Waals surface area contributed by atoms with Gasteiger partial charge in [0.1, 0.15) is 29.8 Å². The molecule has 4 atom stereocenters. The molecule has 5 N–H and O–H groups in total. The van der Waals surface area contributed by atoms with Gasteiger partial charge in [-0.05, 0) is 19.1 Å². The van der Waals surface area contributed by atoms with Crippen LogP contribution in [0.4, 0.5) is 32.2 Å². The maximum atomic E-state index is 14.8. The average molecular weight is 633 g/mol. The number of nitrogens with zero attached hydrogens (tertiary/aromatic N) is 6. The lowest BCUT2D eigenvalue weighted by Crippen LogP contribution is -2.57. The van der Waals surface area contributed by atoms with Gasteiger partial charge in [0.2, 0.25) is 11.5 Å². The molecule has 2 fully saturated rings. The molecule has 19 heteroatoms. The van der Waals surface area contributed by atoms with E-state index in [1.165, 1.54) is 30.0 Å². The highest BCUT2D eigenvalue weighted by Crippen LogP contribution is 2.39. The standard InChI is InChI=1S/C25H26F6N8O5/c1-23(43,25(29,30)31)22(42)37-6-14(26)15(7-37)36-19(40)13-3-11(5-33-20(13)44-2)16-4-12(17-18(32)34-10-35-39(16)17)21(41)38-8-24(27,28)9-38/h3-5,10,14-15,21,41,43H,6-9H2,1-2H3,(H,36,40)(H2,32,34,35)/t14-,15+,21?,23+/m0/s1. The van der Waals surface area contributed by atoms with Crippen molar-refractivity contribution in [2.45, 2.75) is 43.1 Å². The number of halogens is 6. The van der Waals surface area contributed by atoms with Gasteiger partial charge in [0.25, 0.3) is 17.7 Å². The van der Waals surface area contributed by atoms with Crippen molar-refractivity contribution in [2.75, 3.05) is 39.0 Å². The van der Waals surface area contributed by atoms with Crippen LogP contribution in [-0.2, 0) is 4.79 Å². The topological polar surface area (TPSA) is 171 Å². The summed E-state index contributed by atoms with van der Waals surface area (Å²) in [5.74, 6) is -6.00. The fourth-order valence-electron chi connectivity index (χ4n) is 5.08. The number of hydrogen-bond acceptors (Lipinski definition) is 10. The number of likely N-dealkylation sites (tertiary alicyclic amines) is 2. The van der Waals surface area contributed by atoms with Crippen molar-refractivity contribution in [1.82, 2.24) is 34.7 Å². The molecule has 2 aliphatic rings. The van der Waals surface area contributed by atoms with Gasteiger partial charge in [-0.15, -0.1) is 0 Å². The number of nitrogen functional groups attached to an aromatic ring is 1. The Morgan fingerprint density at radius 3 is 2.50 bits per heavy atom. The first-order valence-electron chi connectivity index (χ1n) is 12.9. The number of pyridine rings is 1. The van der Waals surface area contributed by atoms with Crippen molar-refractivity contribution >= 4 is 23.1 Å². The predicted octanol–water partition coefficient (Wildman–Crippen LogP) is 0.916. The molecule has 0 spiro atoms. The van der Waals surface area contributed by atoms with E-state index in [2.05, 4.69) is 20.4 Å². The van der Waals surface area contributed by atoms with Crippen LogP contribution < -0.4 is 15.8 Å². The minimum Gasteiger partial charge on any atom is -0.480 e. The Balaban J connectivity index is 1.43. The number of methoxy groups -OCH3 is 1. The molecule has 0 radical (unpaired) electrons. The molecule has 0 saturated carbocycles. The second-order valence-corrected chi connectivity index (χ2v) is 10.7. The highest BCUT2D eigenvalue weighted by molar-refractivity contribution is 5.98. The molecule has 2 amide bonds. The normalized spacial score (nSPS) is 22.4. The van der Waals surface area contributed by atoms with E-state index in [-0.39, 0.29) is 46.5 Å². The number of amides is 2. The van der Waals surface area contributed by atoms with Gasteiger partial charge in [0.05, 0.1) is 38.5 Å². The van der Waals surface area contributed by atoms with Crippen molar-refractivity contribution in [3.05, 3.63) is 35.8 Å². The Morgan fingerprint density at radius 2 is 1.89 bits per heavy atom. The van der Waals surface area contributed by atoms with Crippen molar-refractivity contribution in [3.8, 4) is 17.1 Å². The molecule has 13 nitrogen and oxygen atoms in total. The van der Waals surface area contributed by atoms with Gasteiger partial charge in [-0.1, -0.05) is 0 Å². The van der Waals surface area contributed by atoms with Crippen molar-refractivity contribution in [3.63, 3.8) is 0 Å². The third-order valence-corrected chi connectivity index (χ3v) is 7.51. The Bertz CT molecular complexity index is 1610. The molecule has 0 bridgehead atoms. The number of anilines is 1. The largest absolute Gasteiger partial charge is 0.480 e. The molecular weight excluding hydrogens is 606 g/mol. The molecular formula is C25H26F6N8O5. The highest BCUT2D eigenvalue weighted by Gasteiger charge is 2.58. The monoisotopic (exact) mass is 632 g/mol. The van der Waals surface area contributed by atoms with Crippen LogP contribution in [0.15, 0.2) is 24.7 Å². The summed E-state index contributed by atoms with van der Waals surface area (Å²) < 4.78 is 87.6. The summed E-state index contributed by atoms with van der Waals surface area (Å²) in [6.07, 6.45) is -6.41. The minimum atomic E-state index is -5.31. The van der Waals surface area contributed by atoms with Gasteiger partial charge >= 0.3 is 6.18 Å². The van der Waals surface area contributed by atoms with E-state index in [0.29, 0.717) is 4.90 Å². The Labute approximate surface area is 244 Å². The van der Waals surface area contributed by atoms with Crippen LogP contribution in [0.1, 0.15) is 29.1 Å². The van der Waals surface area contributed by atoms with Crippen LogP contribution >= 0.6 is 0 Å². The molecule has 2 saturated heterocycles. The third-order valence-electron chi connectivity index (χ3n) is 7.51. The maximum Gasteiger partial charge on any atom is 0.426 e. The van der Waals surface area contributed by atoms with E-state index in [1.807, 2.05) is 0 Å². The SMILES string of the molecule is COc1ncc(-c2cc(C(O)N3CC(F)(F)C3)c3c(N)ncnn23)cc1C(=O)N[C@@H]1CN(C(=O)[C@@](C)(O)C(F)(F)F)C[C@@H]1F. The van der Waals surface area contributed by atoms with Crippen LogP contribution in [0.3, 0.4) is 0 Å². The zero-order valence-electron chi connectivity index (χ0n) is 23.0.